The lowest BCUT2D eigenvalue weighted by Crippen LogP contribution is -2.65. The lowest BCUT2D eigenvalue weighted by atomic mass is 10.1. The van der Waals surface area contributed by atoms with Gasteiger partial charge in [-0.15, -0.1) is 0 Å². The van der Waals surface area contributed by atoms with Crippen molar-refractivity contribution in [3.8, 4) is 5.75 Å². The molecule has 2 atom stereocenters. The molecular weight excluding hydrogens is 449 g/mol. The number of carbonyl (C=O) groups excluding carboxylic acids is 2. The second-order valence-corrected chi connectivity index (χ2v) is 8.00. The van der Waals surface area contributed by atoms with Crippen molar-refractivity contribution in [2.45, 2.75) is 38.7 Å². The molecular formula is C21H18ClF3N4O3. The zero-order chi connectivity index (χ0) is 23.4. The fourth-order valence-corrected chi connectivity index (χ4v) is 3.75. The van der Waals surface area contributed by atoms with Gasteiger partial charge in [-0.3, -0.25) is 19.5 Å². The van der Waals surface area contributed by atoms with Crippen molar-refractivity contribution in [3.63, 3.8) is 0 Å². The molecule has 0 saturated heterocycles. The predicted molar refractivity (Wildman–Crippen MR) is 112 cm³/mol. The fourth-order valence-electron chi connectivity index (χ4n) is 3.57. The molecule has 2 aromatic carbocycles. The molecule has 0 fully saturated rings. The Labute approximate surface area is 185 Å². The molecule has 2 heterocycles. The summed E-state index contributed by atoms with van der Waals surface area (Å²) in [6, 6.07) is 9.19. The van der Waals surface area contributed by atoms with Crippen molar-refractivity contribution in [2.75, 3.05) is 5.32 Å². The normalized spacial score (nSPS) is 18.9. The number of benzene rings is 2. The van der Waals surface area contributed by atoms with Gasteiger partial charge in [0.1, 0.15) is 5.75 Å². The summed E-state index contributed by atoms with van der Waals surface area (Å²) in [6.45, 7) is 4.80. The summed E-state index contributed by atoms with van der Waals surface area (Å²) in [5.41, 5.74) is -1.54. The van der Waals surface area contributed by atoms with Crippen LogP contribution in [0.3, 0.4) is 0 Å². The summed E-state index contributed by atoms with van der Waals surface area (Å²) >= 11 is 5.88. The third kappa shape index (κ3) is 3.35. The van der Waals surface area contributed by atoms with Gasteiger partial charge in [-0.1, -0.05) is 17.7 Å². The molecule has 0 radical (unpaired) electrons. The Hall–Kier alpha value is -3.27. The topological polar surface area (TPSA) is 85.2 Å². The number of hydrogen-bond acceptors (Lipinski definition) is 4. The monoisotopic (exact) mass is 466 g/mol. The van der Waals surface area contributed by atoms with Crippen LogP contribution in [-0.2, 0) is 15.3 Å². The molecule has 32 heavy (non-hydrogen) atoms. The van der Waals surface area contributed by atoms with Gasteiger partial charge in [0.05, 0.1) is 11.0 Å². The molecule has 4 rings (SSSR count). The number of halogens is 4. The number of aromatic nitrogens is 2. The Morgan fingerprint density at radius 1 is 1.25 bits per heavy atom. The van der Waals surface area contributed by atoms with E-state index in [0.29, 0.717) is 15.2 Å². The molecule has 0 saturated carbocycles. The Morgan fingerprint density at radius 2 is 1.94 bits per heavy atom. The second-order valence-electron chi connectivity index (χ2n) is 7.57. The maximum atomic E-state index is 14.5. The standard InChI is InChI=1S/C21H18ClF3N4O3/c1-10-7-15-16(8-11(10)2)29-19(26-15)27-18(31)20(29,21(23,24)25)28-17(30)12(3)32-14-6-4-5-13(22)9-14/h4-9,12H,1-3H3,(H,28,30)(H,26,27,31)/t12-,20?/m1/s1. The van der Waals surface area contributed by atoms with Crippen LogP contribution in [0.25, 0.3) is 11.0 Å². The van der Waals surface area contributed by atoms with Gasteiger partial charge >= 0.3 is 6.18 Å². The molecule has 168 valence electrons. The number of aryl methyl sites for hydroxylation is 2. The van der Waals surface area contributed by atoms with E-state index < -0.39 is 29.8 Å². The first-order valence-corrected chi connectivity index (χ1v) is 9.94. The summed E-state index contributed by atoms with van der Waals surface area (Å²) in [5, 5.41) is 4.35. The van der Waals surface area contributed by atoms with Crippen LogP contribution in [0.2, 0.25) is 5.02 Å². The molecule has 7 nitrogen and oxygen atoms in total. The van der Waals surface area contributed by atoms with Crippen LogP contribution in [0.1, 0.15) is 18.1 Å². The van der Waals surface area contributed by atoms with Gasteiger partial charge in [-0.25, -0.2) is 4.98 Å². The van der Waals surface area contributed by atoms with Crippen molar-refractivity contribution >= 4 is 40.4 Å². The number of fused-ring (bicyclic) bond motifs is 3. The highest BCUT2D eigenvalue weighted by Gasteiger charge is 2.68. The number of carbonyl (C=O) groups is 2. The number of hydrogen-bond donors (Lipinski definition) is 2. The van der Waals surface area contributed by atoms with Gasteiger partial charge in [0, 0.05) is 5.02 Å². The van der Waals surface area contributed by atoms with Crippen LogP contribution < -0.4 is 15.4 Å². The van der Waals surface area contributed by atoms with E-state index in [1.807, 2.05) is 5.32 Å². The summed E-state index contributed by atoms with van der Waals surface area (Å²) in [7, 11) is 0. The van der Waals surface area contributed by atoms with Crippen molar-refractivity contribution in [2.24, 2.45) is 0 Å². The van der Waals surface area contributed by atoms with Gasteiger partial charge in [-0.05, 0) is 62.2 Å². The van der Waals surface area contributed by atoms with Crippen molar-refractivity contribution in [3.05, 3.63) is 52.5 Å². The number of nitrogens with zero attached hydrogens (tertiary/aromatic N) is 2. The molecule has 1 aromatic heterocycles. The number of rotatable bonds is 4. The molecule has 0 bridgehead atoms. The van der Waals surface area contributed by atoms with Crippen LogP contribution in [0.4, 0.5) is 19.1 Å². The summed E-state index contributed by atoms with van der Waals surface area (Å²) in [4.78, 5) is 29.6. The Balaban J connectivity index is 1.77. The molecule has 0 spiro atoms. The minimum Gasteiger partial charge on any atom is -0.481 e. The first kappa shape index (κ1) is 21.9. The lowest BCUT2D eigenvalue weighted by molar-refractivity contribution is -0.218. The van der Waals surface area contributed by atoms with Crippen LogP contribution in [0.15, 0.2) is 36.4 Å². The van der Waals surface area contributed by atoms with E-state index in [2.05, 4.69) is 10.3 Å². The Bertz CT molecular complexity index is 1260. The summed E-state index contributed by atoms with van der Waals surface area (Å²) < 4.78 is 49.5. The molecule has 0 aliphatic carbocycles. The smallest absolute Gasteiger partial charge is 0.440 e. The fraction of sp³-hybridized carbons (Fsp3) is 0.286. The first-order chi connectivity index (χ1) is 14.9. The quantitative estimate of drug-likeness (QED) is 0.607. The maximum Gasteiger partial charge on any atom is 0.440 e. The molecule has 11 heteroatoms. The van der Waals surface area contributed by atoms with E-state index in [1.165, 1.54) is 25.1 Å². The highest BCUT2D eigenvalue weighted by molar-refractivity contribution is 6.30. The molecule has 2 N–H and O–H groups in total. The molecule has 1 unspecified atom stereocenters. The maximum absolute atomic E-state index is 14.5. The van der Waals surface area contributed by atoms with Gasteiger partial charge < -0.3 is 10.1 Å². The van der Waals surface area contributed by atoms with Crippen molar-refractivity contribution < 1.29 is 27.5 Å². The van der Waals surface area contributed by atoms with Crippen LogP contribution in [0, 0.1) is 13.8 Å². The third-order valence-electron chi connectivity index (χ3n) is 5.35. The van der Waals surface area contributed by atoms with Crippen molar-refractivity contribution in [1.82, 2.24) is 14.9 Å². The summed E-state index contributed by atoms with van der Waals surface area (Å²) in [6.07, 6.45) is -6.54. The number of alkyl halides is 3. The minimum atomic E-state index is -5.18. The lowest BCUT2D eigenvalue weighted by Gasteiger charge is -2.32. The van der Waals surface area contributed by atoms with E-state index >= 15 is 0 Å². The molecule has 3 aromatic rings. The van der Waals surface area contributed by atoms with E-state index in [0.717, 1.165) is 5.56 Å². The molecule has 1 aliphatic heterocycles. The number of nitrogens with one attached hydrogen (secondary N) is 2. The number of anilines is 1. The summed E-state index contributed by atoms with van der Waals surface area (Å²) in [5.74, 6) is -2.72. The van der Waals surface area contributed by atoms with Gasteiger partial charge in [-0.2, -0.15) is 13.2 Å². The van der Waals surface area contributed by atoms with Gasteiger partial charge in [0.25, 0.3) is 17.5 Å². The second kappa shape index (κ2) is 7.40. The predicted octanol–water partition coefficient (Wildman–Crippen LogP) is 4.06. The molecule has 2 amide bonds. The zero-order valence-corrected chi connectivity index (χ0v) is 17.9. The van der Waals surface area contributed by atoms with Gasteiger partial charge in [0.2, 0.25) is 5.95 Å². The average Bonchev–Trinajstić information content (AvgIpc) is 3.15. The van der Waals surface area contributed by atoms with Crippen molar-refractivity contribution in [1.29, 1.82) is 0 Å². The van der Waals surface area contributed by atoms with E-state index in [9.17, 15) is 22.8 Å². The Kier molecular flexibility index (Phi) is 5.08. The van der Waals surface area contributed by atoms with Gasteiger partial charge in [0.15, 0.2) is 6.10 Å². The average molecular weight is 467 g/mol. The Morgan fingerprint density at radius 3 is 2.59 bits per heavy atom. The van der Waals surface area contributed by atoms with E-state index in [-0.39, 0.29) is 22.7 Å². The number of ether oxygens (including phenoxy) is 1. The highest BCUT2D eigenvalue weighted by atomic mass is 35.5. The highest BCUT2D eigenvalue weighted by Crippen LogP contribution is 2.44. The third-order valence-corrected chi connectivity index (χ3v) is 5.59. The van der Waals surface area contributed by atoms with E-state index in [4.69, 9.17) is 16.3 Å². The minimum absolute atomic E-state index is 0.0579. The first-order valence-electron chi connectivity index (χ1n) is 9.56. The van der Waals surface area contributed by atoms with E-state index in [1.54, 1.807) is 32.0 Å². The van der Waals surface area contributed by atoms with Crippen LogP contribution >= 0.6 is 11.6 Å². The largest absolute Gasteiger partial charge is 0.481 e. The van der Waals surface area contributed by atoms with Crippen LogP contribution in [0.5, 0.6) is 5.75 Å². The number of imidazole rings is 1. The SMILES string of the molecule is Cc1cc2nc3n(c2cc1C)C(NC(=O)[C@@H](C)Oc1cccc(Cl)c1)(C(F)(F)F)C(=O)N3. The van der Waals surface area contributed by atoms with Crippen LogP contribution in [-0.4, -0.2) is 33.6 Å². The number of amides is 2. The molecule has 1 aliphatic rings. The zero-order valence-electron chi connectivity index (χ0n) is 17.2.